The lowest BCUT2D eigenvalue weighted by atomic mass is 10.2. The first-order valence-electron chi connectivity index (χ1n) is 5.75. The van der Waals surface area contributed by atoms with Gasteiger partial charge in [-0.2, -0.15) is 11.8 Å². The monoisotopic (exact) mass is 237 g/mol. The van der Waals surface area contributed by atoms with E-state index in [0.717, 1.165) is 24.5 Å². The lowest BCUT2D eigenvalue weighted by molar-refractivity contribution is 0.314. The molecule has 0 bridgehead atoms. The first-order chi connectivity index (χ1) is 7.86. The van der Waals surface area contributed by atoms with Crippen molar-refractivity contribution in [3.63, 3.8) is 0 Å². The molecule has 2 rings (SSSR count). The van der Waals surface area contributed by atoms with Gasteiger partial charge in [-0.05, 0) is 12.1 Å². The summed E-state index contributed by atoms with van der Waals surface area (Å²) in [6.07, 6.45) is 0. The largest absolute Gasteiger partial charge is 0.397 e. The van der Waals surface area contributed by atoms with Crippen molar-refractivity contribution in [1.29, 1.82) is 0 Å². The molecule has 0 spiro atoms. The fraction of sp³-hybridized carbons (Fsp3) is 0.500. The van der Waals surface area contributed by atoms with Crippen LogP contribution in [0.15, 0.2) is 24.3 Å². The first kappa shape index (κ1) is 11.6. The molecule has 0 atom stereocenters. The number of benzene rings is 1. The maximum absolute atomic E-state index is 5.86. The third-order valence-corrected chi connectivity index (χ3v) is 3.75. The smallest absolute Gasteiger partial charge is 0.0574 e. The summed E-state index contributed by atoms with van der Waals surface area (Å²) in [5.74, 6) is 2.54. The Hall–Kier alpha value is -0.870. The van der Waals surface area contributed by atoms with Crippen molar-refractivity contribution in [2.24, 2.45) is 0 Å². The van der Waals surface area contributed by atoms with Gasteiger partial charge in [-0.25, -0.2) is 0 Å². The van der Waals surface area contributed by atoms with Crippen LogP contribution in [-0.2, 0) is 0 Å². The number of nitrogens with two attached hydrogens (primary N) is 1. The van der Waals surface area contributed by atoms with Gasteiger partial charge in [-0.1, -0.05) is 12.1 Å². The van der Waals surface area contributed by atoms with Crippen LogP contribution in [0, 0.1) is 0 Å². The average molecular weight is 237 g/mol. The van der Waals surface area contributed by atoms with Crippen LogP contribution in [0.3, 0.4) is 0 Å². The number of hydrogen-bond acceptors (Lipinski definition) is 4. The van der Waals surface area contributed by atoms with Crippen molar-refractivity contribution in [2.45, 2.75) is 0 Å². The van der Waals surface area contributed by atoms with E-state index in [-0.39, 0.29) is 0 Å². The molecule has 3 N–H and O–H groups in total. The van der Waals surface area contributed by atoms with Crippen molar-refractivity contribution in [1.82, 2.24) is 4.90 Å². The Kier molecular flexibility index (Phi) is 4.36. The normalized spacial score (nSPS) is 17.2. The first-order valence-corrected chi connectivity index (χ1v) is 6.90. The van der Waals surface area contributed by atoms with E-state index in [2.05, 4.69) is 10.2 Å². The van der Waals surface area contributed by atoms with Crippen LogP contribution in [0.25, 0.3) is 0 Å². The van der Waals surface area contributed by atoms with Crippen LogP contribution < -0.4 is 11.1 Å². The highest BCUT2D eigenvalue weighted by atomic mass is 32.2. The van der Waals surface area contributed by atoms with E-state index in [0.29, 0.717) is 0 Å². The van der Waals surface area contributed by atoms with E-state index in [4.69, 9.17) is 5.73 Å². The highest BCUT2D eigenvalue weighted by Crippen LogP contribution is 2.16. The summed E-state index contributed by atoms with van der Waals surface area (Å²) < 4.78 is 0. The molecule has 1 saturated heterocycles. The maximum atomic E-state index is 5.86. The van der Waals surface area contributed by atoms with Gasteiger partial charge >= 0.3 is 0 Å². The van der Waals surface area contributed by atoms with Crippen LogP contribution >= 0.6 is 11.8 Å². The molecule has 16 heavy (non-hydrogen) atoms. The molecule has 4 heteroatoms. The third-order valence-electron chi connectivity index (χ3n) is 2.81. The molecule has 1 fully saturated rings. The van der Waals surface area contributed by atoms with Gasteiger partial charge in [0.25, 0.3) is 0 Å². The van der Waals surface area contributed by atoms with Gasteiger partial charge in [-0.3, -0.25) is 4.90 Å². The van der Waals surface area contributed by atoms with Crippen molar-refractivity contribution in [3.8, 4) is 0 Å². The molecule has 3 nitrogen and oxygen atoms in total. The number of para-hydroxylation sites is 2. The summed E-state index contributed by atoms with van der Waals surface area (Å²) in [7, 11) is 0. The lowest BCUT2D eigenvalue weighted by Gasteiger charge is -2.26. The SMILES string of the molecule is Nc1ccccc1NCCN1CCSCC1. The predicted molar refractivity (Wildman–Crippen MR) is 73.1 cm³/mol. The fourth-order valence-electron chi connectivity index (χ4n) is 1.83. The highest BCUT2D eigenvalue weighted by Gasteiger charge is 2.09. The lowest BCUT2D eigenvalue weighted by Crippen LogP contribution is -2.36. The second-order valence-corrected chi connectivity index (χ2v) is 5.19. The van der Waals surface area contributed by atoms with Gasteiger partial charge in [0.1, 0.15) is 0 Å². The Labute approximate surface area is 101 Å². The molecule has 1 aromatic rings. The van der Waals surface area contributed by atoms with E-state index in [9.17, 15) is 0 Å². The summed E-state index contributed by atoms with van der Waals surface area (Å²) in [4.78, 5) is 2.50. The summed E-state index contributed by atoms with van der Waals surface area (Å²) in [6, 6.07) is 7.93. The number of nitrogens with one attached hydrogen (secondary N) is 1. The Balaban J connectivity index is 1.73. The van der Waals surface area contributed by atoms with Crippen molar-refractivity contribution in [2.75, 3.05) is 48.7 Å². The Morgan fingerprint density at radius 2 is 2.00 bits per heavy atom. The van der Waals surface area contributed by atoms with E-state index >= 15 is 0 Å². The summed E-state index contributed by atoms with van der Waals surface area (Å²) in [5, 5.41) is 3.39. The zero-order valence-electron chi connectivity index (χ0n) is 9.48. The van der Waals surface area contributed by atoms with Gasteiger partial charge in [0, 0.05) is 37.7 Å². The molecule has 88 valence electrons. The standard InChI is InChI=1S/C12H19N3S/c13-11-3-1-2-4-12(11)14-5-6-15-7-9-16-10-8-15/h1-4,14H,5-10,13H2. The van der Waals surface area contributed by atoms with Gasteiger partial charge in [0.05, 0.1) is 11.4 Å². The van der Waals surface area contributed by atoms with Gasteiger partial charge in [0.15, 0.2) is 0 Å². The molecule has 1 aliphatic rings. The summed E-state index contributed by atoms with van der Waals surface area (Å²) >= 11 is 2.05. The summed E-state index contributed by atoms with van der Waals surface area (Å²) in [5.41, 5.74) is 7.74. The highest BCUT2D eigenvalue weighted by molar-refractivity contribution is 7.99. The molecule has 0 saturated carbocycles. The minimum absolute atomic E-state index is 0.830. The molecule has 0 aliphatic carbocycles. The molecular weight excluding hydrogens is 218 g/mol. The minimum atomic E-state index is 0.830. The second-order valence-electron chi connectivity index (χ2n) is 3.97. The van der Waals surface area contributed by atoms with Crippen LogP contribution in [0.4, 0.5) is 11.4 Å². The summed E-state index contributed by atoms with van der Waals surface area (Å²) in [6.45, 7) is 4.51. The average Bonchev–Trinajstić information content (AvgIpc) is 2.33. The molecule has 1 aliphatic heterocycles. The molecule has 1 aromatic carbocycles. The zero-order valence-corrected chi connectivity index (χ0v) is 10.3. The van der Waals surface area contributed by atoms with Crippen LogP contribution in [0.2, 0.25) is 0 Å². The topological polar surface area (TPSA) is 41.3 Å². The Morgan fingerprint density at radius 3 is 2.75 bits per heavy atom. The van der Waals surface area contributed by atoms with Crippen LogP contribution in [0.5, 0.6) is 0 Å². The second kappa shape index (κ2) is 6.01. The van der Waals surface area contributed by atoms with E-state index < -0.39 is 0 Å². The Morgan fingerprint density at radius 1 is 1.25 bits per heavy atom. The molecular formula is C12H19N3S. The number of hydrogen-bond donors (Lipinski definition) is 2. The zero-order chi connectivity index (χ0) is 11.2. The number of nitrogen functional groups attached to an aromatic ring is 1. The van der Waals surface area contributed by atoms with Crippen molar-refractivity contribution < 1.29 is 0 Å². The molecule has 0 amide bonds. The molecule has 1 heterocycles. The number of anilines is 2. The van der Waals surface area contributed by atoms with Gasteiger partial charge in [0.2, 0.25) is 0 Å². The number of nitrogens with zero attached hydrogens (tertiary/aromatic N) is 1. The van der Waals surface area contributed by atoms with Crippen molar-refractivity contribution in [3.05, 3.63) is 24.3 Å². The molecule has 0 radical (unpaired) electrons. The van der Waals surface area contributed by atoms with Crippen molar-refractivity contribution >= 4 is 23.1 Å². The quantitative estimate of drug-likeness (QED) is 0.783. The Bertz CT molecular complexity index is 324. The van der Waals surface area contributed by atoms with E-state index in [1.54, 1.807) is 0 Å². The van der Waals surface area contributed by atoms with Gasteiger partial charge < -0.3 is 11.1 Å². The fourth-order valence-corrected chi connectivity index (χ4v) is 2.81. The number of rotatable bonds is 4. The molecule has 0 aromatic heterocycles. The van der Waals surface area contributed by atoms with Crippen LogP contribution in [-0.4, -0.2) is 42.6 Å². The van der Waals surface area contributed by atoms with E-state index in [1.165, 1.54) is 24.6 Å². The van der Waals surface area contributed by atoms with Crippen LogP contribution in [0.1, 0.15) is 0 Å². The predicted octanol–water partition coefficient (Wildman–Crippen LogP) is 1.73. The minimum Gasteiger partial charge on any atom is -0.397 e. The van der Waals surface area contributed by atoms with E-state index in [1.807, 2.05) is 36.0 Å². The number of thioether (sulfide) groups is 1. The third kappa shape index (κ3) is 3.32. The van der Waals surface area contributed by atoms with Gasteiger partial charge in [-0.15, -0.1) is 0 Å². The maximum Gasteiger partial charge on any atom is 0.0574 e. The molecule has 0 unspecified atom stereocenters.